The van der Waals surface area contributed by atoms with Crippen LogP contribution in [0.5, 0.6) is 0 Å². The molecule has 0 atom stereocenters. The van der Waals surface area contributed by atoms with E-state index in [9.17, 15) is 8.42 Å². The Bertz CT molecular complexity index is 513. The minimum Gasteiger partial charge on any atom is -0.464 e. The second kappa shape index (κ2) is 5.03. The standard InChI is InChI=1S/C12H20N2O3S/c1-9-3-5-14(6-4-9)18(15,16)12-7-11(8-13)17-10(12)2/h7,9H,3-6,8,13H2,1-2H3. The lowest BCUT2D eigenvalue weighted by Crippen LogP contribution is -2.37. The normalized spacial score (nSPS) is 19.3. The van der Waals surface area contributed by atoms with Crippen molar-refractivity contribution in [2.24, 2.45) is 11.7 Å². The number of hydrogen-bond acceptors (Lipinski definition) is 4. The highest BCUT2D eigenvalue weighted by Crippen LogP contribution is 2.27. The summed E-state index contributed by atoms with van der Waals surface area (Å²) in [4.78, 5) is 0.262. The number of hydrogen-bond donors (Lipinski definition) is 1. The summed E-state index contributed by atoms with van der Waals surface area (Å²) in [6.45, 7) is 5.21. The molecular formula is C12H20N2O3S. The highest BCUT2D eigenvalue weighted by atomic mass is 32.2. The van der Waals surface area contributed by atoms with Crippen molar-refractivity contribution in [2.45, 2.75) is 38.1 Å². The SMILES string of the molecule is Cc1oc(CN)cc1S(=O)(=O)N1CCC(C)CC1. The fraction of sp³-hybridized carbons (Fsp3) is 0.667. The Kier molecular flexibility index (Phi) is 3.79. The van der Waals surface area contributed by atoms with Crippen molar-refractivity contribution in [1.29, 1.82) is 0 Å². The first-order valence-corrected chi connectivity index (χ1v) is 7.68. The third-order valence-corrected chi connectivity index (χ3v) is 5.49. The number of piperidine rings is 1. The lowest BCUT2D eigenvalue weighted by Gasteiger charge is -2.29. The molecule has 2 N–H and O–H groups in total. The van der Waals surface area contributed by atoms with Gasteiger partial charge < -0.3 is 10.2 Å². The molecule has 0 radical (unpaired) electrons. The maximum atomic E-state index is 12.5. The number of aryl methyl sites for hydroxylation is 1. The molecule has 1 saturated heterocycles. The highest BCUT2D eigenvalue weighted by molar-refractivity contribution is 7.89. The van der Waals surface area contributed by atoms with E-state index in [1.165, 1.54) is 0 Å². The van der Waals surface area contributed by atoms with E-state index < -0.39 is 10.0 Å². The third kappa shape index (κ3) is 2.46. The molecule has 0 saturated carbocycles. The summed E-state index contributed by atoms with van der Waals surface area (Å²) >= 11 is 0. The Hall–Kier alpha value is -0.850. The number of nitrogens with zero attached hydrogens (tertiary/aromatic N) is 1. The second-order valence-electron chi connectivity index (χ2n) is 4.92. The predicted molar refractivity (Wildman–Crippen MR) is 68.5 cm³/mol. The van der Waals surface area contributed by atoms with Gasteiger partial charge in [-0.2, -0.15) is 4.31 Å². The fourth-order valence-electron chi connectivity index (χ4n) is 2.25. The fourth-order valence-corrected chi connectivity index (χ4v) is 3.90. The first kappa shape index (κ1) is 13.6. The summed E-state index contributed by atoms with van der Waals surface area (Å²) in [7, 11) is -3.42. The molecular weight excluding hydrogens is 252 g/mol. The monoisotopic (exact) mass is 272 g/mol. The molecule has 2 heterocycles. The van der Waals surface area contributed by atoms with Crippen molar-refractivity contribution >= 4 is 10.0 Å². The molecule has 6 heteroatoms. The van der Waals surface area contributed by atoms with Gasteiger partial charge in [0.05, 0.1) is 6.54 Å². The molecule has 0 spiro atoms. The maximum absolute atomic E-state index is 12.5. The van der Waals surface area contributed by atoms with Gasteiger partial charge in [-0.3, -0.25) is 0 Å². The van der Waals surface area contributed by atoms with E-state index in [0.29, 0.717) is 30.5 Å². The molecule has 1 aliphatic heterocycles. The van der Waals surface area contributed by atoms with Gasteiger partial charge in [-0.05, 0) is 25.7 Å². The maximum Gasteiger partial charge on any atom is 0.246 e. The van der Waals surface area contributed by atoms with Crippen molar-refractivity contribution in [2.75, 3.05) is 13.1 Å². The smallest absolute Gasteiger partial charge is 0.246 e. The Labute approximate surface area is 108 Å². The van der Waals surface area contributed by atoms with Crippen LogP contribution < -0.4 is 5.73 Å². The van der Waals surface area contributed by atoms with Gasteiger partial charge in [0.2, 0.25) is 10.0 Å². The van der Waals surface area contributed by atoms with Crippen molar-refractivity contribution < 1.29 is 12.8 Å². The predicted octanol–water partition coefficient (Wildman–Crippen LogP) is 1.47. The van der Waals surface area contributed by atoms with E-state index in [0.717, 1.165) is 12.8 Å². The van der Waals surface area contributed by atoms with Crippen molar-refractivity contribution in [3.05, 3.63) is 17.6 Å². The zero-order valence-electron chi connectivity index (χ0n) is 10.8. The van der Waals surface area contributed by atoms with Crippen LogP contribution in [0.15, 0.2) is 15.4 Å². The Balaban J connectivity index is 2.27. The zero-order chi connectivity index (χ0) is 13.3. The Morgan fingerprint density at radius 3 is 2.56 bits per heavy atom. The molecule has 1 aliphatic rings. The van der Waals surface area contributed by atoms with Gasteiger partial charge in [-0.25, -0.2) is 8.42 Å². The molecule has 0 aromatic carbocycles. The van der Waals surface area contributed by atoms with Gasteiger partial charge in [-0.15, -0.1) is 0 Å². The molecule has 1 fully saturated rings. The van der Waals surface area contributed by atoms with Crippen molar-refractivity contribution in [3.8, 4) is 0 Å². The van der Waals surface area contributed by atoms with Crippen molar-refractivity contribution in [1.82, 2.24) is 4.31 Å². The van der Waals surface area contributed by atoms with Crippen LogP contribution in [-0.2, 0) is 16.6 Å². The van der Waals surface area contributed by atoms with Crippen LogP contribution >= 0.6 is 0 Å². The summed E-state index contributed by atoms with van der Waals surface area (Å²) in [6, 6.07) is 1.54. The molecule has 102 valence electrons. The van der Waals surface area contributed by atoms with E-state index in [2.05, 4.69) is 6.92 Å². The van der Waals surface area contributed by atoms with E-state index in [4.69, 9.17) is 10.2 Å². The van der Waals surface area contributed by atoms with Gasteiger partial charge in [0.15, 0.2) is 0 Å². The number of nitrogens with two attached hydrogens (primary N) is 1. The van der Waals surface area contributed by atoms with Crippen LogP contribution in [0.4, 0.5) is 0 Å². The van der Waals surface area contributed by atoms with Crippen LogP contribution in [0.25, 0.3) is 0 Å². The summed E-state index contributed by atoms with van der Waals surface area (Å²) in [6.07, 6.45) is 1.83. The number of furan rings is 1. The second-order valence-corrected chi connectivity index (χ2v) is 6.83. The minimum atomic E-state index is -3.42. The van der Waals surface area contributed by atoms with E-state index in [1.54, 1.807) is 17.3 Å². The molecule has 5 nitrogen and oxygen atoms in total. The van der Waals surface area contributed by atoms with Gasteiger partial charge in [0.25, 0.3) is 0 Å². The van der Waals surface area contributed by atoms with E-state index >= 15 is 0 Å². The first-order chi connectivity index (χ1) is 8.45. The quantitative estimate of drug-likeness (QED) is 0.904. The molecule has 0 bridgehead atoms. The van der Waals surface area contributed by atoms with Gasteiger partial charge in [-0.1, -0.05) is 6.92 Å². The van der Waals surface area contributed by atoms with Crippen LogP contribution in [0.3, 0.4) is 0 Å². The first-order valence-electron chi connectivity index (χ1n) is 6.24. The molecule has 0 aliphatic carbocycles. The number of rotatable bonds is 3. The molecule has 18 heavy (non-hydrogen) atoms. The Morgan fingerprint density at radius 1 is 1.44 bits per heavy atom. The highest BCUT2D eigenvalue weighted by Gasteiger charge is 2.31. The van der Waals surface area contributed by atoms with Gasteiger partial charge in [0, 0.05) is 19.2 Å². The van der Waals surface area contributed by atoms with Crippen LogP contribution in [0.1, 0.15) is 31.3 Å². The average Bonchev–Trinajstić information content (AvgIpc) is 2.72. The van der Waals surface area contributed by atoms with Crippen molar-refractivity contribution in [3.63, 3.8) is 0 Å². The van der Waals surface area contributed by atoms with E-state index in [-0.39, 0.29) is 11.4 Å². The lowest BCUT2D eigenvalue weighted by molar-refractivity contribution is 0.287. The third-order valence-electron chi connectivity index (χ3n) is 3.48. The van der Waals surface area contributed by atoms with Crippen LogP contribution in [0.2, 0.25) is 0 Å². The molecule has 0 amide bonds. The summed E-state index contributed by atoms with van der Waals surface area (Å²) in [5.41, 5.74) is 5.47. The lowest BCUT2D eigenvalue weighted by atomic mass is 10.0. The van der Waals surface area contributed by atoms with Crippen LogP contribution in [0, 0.1) is 12.8 Å². The van der Waals surface area contributed by atoms with E-state index in [1.807, 2.05) is 0 Å². The van der Waals surface area contributed by atoms with Crippen LogP contribution in [-0.4, -0.2) is 25.8 Å². The zero-order valence-corrected chi connectivity index (χ0v) is 11.7. The number of sulfonamides is 1. The Morgan fingerprint density at radius 2 is 2.06 bits per heavy atom. The molecule has 0 unspecified atom stereocenters. The minimum absolute atomic E-state index is 0.216. The van der Waals surface area contributed by atoms with Gasteiger partial charge in [0.1, 0.15) is 16.4 Å². The molecule has 2 rings (SSSR count). The molecule has 1 aromatic heterocycles. The topological polar surface area (TPSA) is 76.5 Å². The summed E-state index contributed by atoms with van der Waals surface area (Å²) in [5.74, 6) is 1.53. The average molecular weight is 272 g/mol. The van der Waals surface area contributed by atoms with Gasteiger partial charge >= 0.3 is 0 Å². The molecule has 1 aromatic rings. The summed E-state index contributed by atoms with van der Waals surface area (Å²) < 4.78 is 31.8. The largest absolute Gasteiger partial charge is 0.464 e. The summed E-state index contributed by atoms with van der Waals surface area (Å²) in [5, 5.41) is 0.